The zero-order valence-electron chi connectivity index (χ0n) is 13.6. The third kappa shape index (κ3) is 1.34. The molecule has 0 spiro atoms. The average molecular weight is 308 g/mol. The second-order valence-corrected chi connectivity index (χ2v) is 8.52. The van der Waals surface area contributed by atoms with Gasteiger partial charge >= 0.3 is 0 Å². The Morgan fingerprint density at radius 3 is 2.33 bits per heavy atom. The zero-order chi connectivity index (χ0) is 15.4. The molecule has 0 heterocycles. The van der Waals surface area contributed by atoms with Crippen molar-refractivity contribution >= 4 is 21.5 Å². The van der Waals surface area contributed by atoms with Crippen LogP contribution in [0.5, 0.6) is 0 Å². The van der Waals surface area contributed by atoms with Crippen molar-refractivity contribution in [1.29, 1.82) is 0 Å². The van der Waals surface area contributed by atoms with Crippen LogP contribution in [0.3, 0.4) is 0 Å². The van der Waals surface area contributed by atoms with Crippen LogP contribution in [0.4, 0.5) is 0 Å². The Morgan fingerprint density at radius 2 is 1.42 bits per heavy atom. The maximum Gasteiger partial charge on any atom is -0.00529 e. The minimum absolute atomic E-state index is 0.767. The fraction of sp³-hybridized carbons (Fsp3) is 0.333. The smallest absolute Gasteiger partial charge is 0.00529 e. The van der Waals surface area contributed by atoms with Gasteiger partial charge in [-0.1, -0.05) is 66.7 Å². The van der Waals surface area contributed by atoms with Gasteiger partial charge in [-0.2, -0.15) is 0 Å². The van der Waals surface area contributed by atoms with Crippen LogP contribution in [0.15, 0.2) is 66.7 Å². The van der Waals surface area contributed by atoms with E-state index in [1.165, 1.54) is 28.0 Å². The van der Waals surface area contributed by atoms with Gasteiger partial charge < -0.3 is 0 Å². The molecule has 4 aliphatic rings. The first-order chi connectivity index (χ1) is 11.9. The molecule has 0 aliphatic heterocycles. The van der Waals surface area contributed by atoms with E-state index in [2.05, 4.69) is 66.7 Å². The first-order valence-electron chi connectivity index (χ1n) is 9.50. The Morgan fingerprint density at radius 1 is 0.667 bits per heavy atom. The van der Waals surface area contributed by atoms with Crippen molar-refractivity contribution in [3.8, 4) is 0 Å². The van der Waals surface area contributed by atoms with Crippen LogP contribution >= 0.6 is 0 Å². The van der Waals surface area contributed by atoms with Crippen molar-refractivity contribution in [2.24, 2.45) is 35.5 Å². The molecule has 24 heavy (non-hydrogen) atoms. The zero-order valence-corrected chi connectivity index (χ0v) is 13.6. The summed E-state index contributed by atoms with van der Waals surface area (Å²) in [6.07, 6.45) is 6.69. The average Bonchev–Trinajstić information content (AvgIpc) is 3.51. The van der Waals surface area contributed by atoms with Gasteiger partial charge in [0.25, 0.3) is 0 Å². The van der Waals surface area contributed by atoms with Crippen molar-refractivity contribution < 1.29 is 0 Å². The largest absolute Gasteiger partial charge is 0.0845 e. The normalized spacial score (nSPS) is 40.6. The van der Waals surface area contributed by atoms with Gasteiger partial charge in [0, 0.05) is 0 Å². The van der Waals surface area contributed by atoms with E-state index in [-0.39, 0.29) is 0 Å². The molecule has 7 atom stereocenters. The van der Waals surface area contributed by atoms with Crippen LogP contribution in [0, 0.1) is 35.5 Å². The highest BCUT2D eigenvalue weighted by Gasteiger charge is 2.71. The third-order valence-electron chi connectivity index (χ3n) is 7.62. The predicted octanol–water partition coefficient (Wildman–Crippen LogP) is 5.77. The lowest BCUT2D eigenvalue weighted by atomic mass is 9.72. The van der Waals surface area contributed by atoms with Gasteiger partial charge in [-0.25, -0.2) is 0 Å². The van der Waals surface area contributed by atoms with Crippen molar-refractivity contribution in [1.82, 2.24) is 0 Å². The van der Waals surface area contributed by atoms with Crippen LogP contribution in [-0.4, -0.2) is 0 Å². The van der Waals surface area contributed by atoms with Gasteiger partial charge in [-0.15, -0.1) is 0 Å². The maximum atomic E-state index is 2.60. The van der Waals surface area contributed by atoms with Crippen molar-refractivity contribution in [3.05, 3.63) is 72.3 Å². The van der Waals surface area contributed by atoms with E-state index in [4.69, 9.17) is 0 Å². The predicted molar refractivity (Wildman–Crippen MR) is 98.9 cm³/mol. The molecule has 0 radical (unpaired) electrons. The maximum absolute atomic E-state index is 2.60. The molecule has 3 fully saturated rings. The lowest BCUT2D eigenvalue weighted by Crippen LogP contribution is -2.22. The number of fused-ring (bicyclic) bond motifs is 8. The second-order valence-electron chi connectivity index (χ2n) is 8.52. The van der Waals surface area contributed by atoms with E-state index < -0.39 is 0 Å². The van der Waals surface area contributed by atoms with Crippen molar-refractivity contribution in [3.63, 3.8) is 0 Å². The molecule has 4 aliphatic carbocycles. The number of allylic oxidation sites excluding steroid dienone is 2. The summed E-state index contributed by atoms with van der Waals surface area (Å²) >= 11 is 0. The van der Waals surface area contributed by atoms with Gasteiger partial charge in [0.15, 0.2) is 0 Å². The molecule has 0 aromatic heterocycles. The summed E-state index contributed by atoms with van der Waals surface area (Å²) in [5.74, 6) is 6.48. The van der Waals surface area contributed by atoms with E-state index in [9.17, 15) is 0 Å². The highest BCUT2D eigenvalue weighted by Crippen LogP contribution is 2.77. The molecular formula is C24H20. The lowest BCUT2D eigenvalue weighted by Gasteiger charge is -2.32. The molecule has 3 aromatic carbocycles. The molecule has 116 valence electrons. The van der Waals surface area contributed by atoms with Crippen molar-refractivity contribution in [2.75, 3.05) is 0 Å². The summed E-state index contributed by atoms with van der Waals surface area (Å²) in [7, 11) is 0. The molecule has 3 saturated carbocycles. The van der Waals surface area contributed by atoms with Gasteiger partial charge in [0.1, 0.15) is 0 Å². The standard InChI is InChI=1S/C24H20/c1-2-6-14-13(5-1)11-20(16-8-4-3-7-15(14)16)22-17-9-10-18-23(24(18)22)21-12-19(17)21/h1-11,17-19,21-24H,12H2/t17-,18?,19-,21-,22-,23+,24?/m0/s1. The monoisotopic (exact) mass is 308 g/mol. The van der Waals surface area contributed by atoms with Gasteiger partial charge in [0.2, 0.25) is 0 Å². The number of benzene rings is 3. The molecule has 0 saturated heterocycles. The summed E-state index contributed by atoms with van der Waals surface area (Å²) in [5.41, 5.74) is 1.64. The first kappa shape index (κ1) is 12.3. The fourth-order valence-corrected chi connectivity index (χ4v) is 6.63. The van der Waals surface area contributed by atoms with E-state index >= 15 is 0 Å². The molecule has 2 bridgehead atoms. The number of hydrogen-bond acceptors (Lipinski definition) is 0. The number of hydrogen-bond donors (Lipinski definition) is 0. The summed E-state index contributed by atoms with van der Waals surface area (Å²) in [6, 6.07) is 20.6. The van der Waals surface area contributed by atoms with Crippen LogP contribution in [0.2, 0.25) is 0 Å². The molecule has 0 heteroatoms. The topological polar surface area (TPSA) is 0 Å². The van der Waals surface area contributed by atoms with E-state index in [1.807, 2.05) is 0 Å². The Labute approximate surface area is 142 Å². The summed E-state index contributed by atoms with van der Waals surface area (Å²) in [6.45, 7) is 0. The molecule has 2 unspecified atom stereocenters. The van der Waals surface area contributed by atoms with Gasteiger partial charge in [-0.05, 0) is 75.0 Å². The minimum Gasteiger partial charge on any atom is -0.0845 e. The first-order valence-corrected chi connectivity index (χ1v) is 9.50. The van der Waals surface area contributed by atoms with E-state index in [1.54, 1.807) is 5.56 Å². The Balaban J connectivity index is 1.54. The highest BCUT2D eigenvalue weighted by molar-refractivity contribution is 6.09. The van der Waals surface area contributed by atoms with Crippen LogP contribution in [-0.2, 0) is 0 Å². The van der Waals surface area contributed by atoms with Crippen LogP contribution in [0.25, 0.3) is 21.5 Å². The number of rotatable bonds is 1. The van der Waals surface area contributed by atoms with Crippen LogP contribution in [0.1, 0.15) is 17.9 Å². The summed E-state index contributed by atoms with van der Waals surface area (Å²) < 4.78 is 0. The van der Waals surface area contributed by atoms with E-state index in [0.29, 0.717) is 0 Å². The molecule has 0 amide bonds. The quantitative estimate of drug-likeness (QED) is 0.395. The third-order valence-corrected chi connectivity index (χ3v) is 7.62. The van der Waals surface area contributed by atoms with Gasteiger partial charge in [0.05, 0.1) is 0 Å². The molecular weight excluding hydrogens is 288 g/mol. The second kappa shape index (κ2) is 3.94. The summed E-state index contributed by atoms with van der Waals surface area (Å²) in [5, 5.41) is 5.77. The Hall–Kier alpha value is -2.08. The minimum atomic E-state index is 0.767. The van der Waals surface area contributed by atoms with Crippen molar-refractivity contribution in [2.45, 2.75) is 12.3 Å². The highest BCUT2D eigenvalue weighted by atomic mass is 14.7. The Bertz CT molecular complexity index is 1040. The molecule has 0 nitrogen and oxygen atoms in total. The van der Waals surface area contributed by atoms with E-state index in [0.717, 1.165) is 41.4 Å². The SMILES string of the molecule is C1=C[C@H]2[C@@H]3C[C@@H]3[C@H]3C1C3[C@@H]2c1cc2ccccc2c2ccccc12. The van der Waals surface area contributed by atoms with Gasteiger partial charge in [-0.3, -0.25) is 0 Å². The fourth-order valence-electron chi connectivity index (χ4n) is 6.63. The molecule has 3 aromatic rings. The molecule has 7 rings (SSSR count). The summed E-state index contributed by atoms with van der Waals surface area (Å²) in [4.78, 5) is 0. The molecule has 0 N–H and O–H groups in total. The Kier molecular flexibility index (Phi) is 2.02. The van der Waals surface area contributed by atoms with Crippen LogP contribution < -0.4 is 0 Å². The lowest BCUT2D eigenvalue weighted by molar-refractivity contribution is 0.322.